The number of carbonyl (C=O) groups is 1. The summed E-state index contributed by atoms with van der Waals surface area (Å²) >= 11 is 0. The van der Waals surface area contributed by atoms with Crippen LogP contribution in [0.4, 0.5) is 0 Å². The van der Waals surface area contributed by atoms with E-state index in [1.54, 1.807) is 0 Å². The molecule has 1 N–H and O–H groups in total. The van der Waals surface area contributed by atoms with Crippen LogP contribution in [-0.2, 0) is 41.6 Å². The van der Waals surface area contributed by atoms with Crippen molar-refractivity contribution in [3.8, 4) is 5.75 Å². The van der Waals surface area contributed by atoms with Crippen molar-refractivity contribution < 1.29 is 19.4 Å². The Balaban J connectivity index is 1.32. The molecule has 4 aromatic rings. The molecule has 230 valence electrons. The van der Waals surface area contributed by atoms with Crippen molar-refractivity contribution in [2.75, 3.05) is 26.8 Å². The monoisotopic (exact) mass is 591 g/mol. The van der Waals surface area contributed by atoms with E-state index in [-0.39, 0.29) is 6.04 Å². The van der Waals surface area contributed by atoms with Gasteiger partial charge in [-0.2, -0.15) is 0 Å². The predicted molar refractivity (Wildman–Crippen MR) is 177 cm³/mol. The first-order chi connectivity index (χ1) is 21.4. The third-order valence-electron chi connectivity index (χ3n) is 8.60. The molecule has 0 bridgehead atoms. The van der Waals surface area contributed by atoms with Crippen LogP contribution in [0.15, 0.2) is 91.0 Å². The zero-order chi connectivity index (χ0) is 30.9. The molecule has 1 aliphatic carbocycles. The summed E-state index contributed by atoms with van der Waals surface area (Å²) < 4.78 is 11.6. The molecule has 0 amide bonds. The Morgan fingerprint density at radius 1 is 0.841 bits per heavy atom. The largest absolute Gasteiger partial charge is 0.492 e. The fraction of sp³-hybridized carbons (Fsp3) is 0.359. The summed E-state index contributed by atoms with van der Waals surface area (Å²) in [6.45, 7) is 5.74. The van der Waals surface area contributed by atoms with E-state index in [0.29, 0.717) is 19.6 Å². The summed E-state index contributed by atoms with van der Waals surface area (Å²) in [5, 5.41) is 9.40. The predicted octanol–water partition coefficient (Wildman–Crippen LogP) is 7.46. The number of benzene rings is 4. The minimum atomic E-state index is -0.939. The lowest BCUT2D eigenvalue weighted by Gasteiger charge is -2.31. The Morgan fingerprint density at radius 3 is 2.30 bits per heavy atom. The molecule has 5 rings (SSSR count). The van der Waals surface area contributed by atoms with Gasteiger partial charge < -0.3 is 14.6 Å². The number of carboxylic acid groups (broad SMARTS) is 1. The van der Waals surface area contributed by atoms with Crippen LogP contribution in [-0.4, -0.2) is 48.9 Å². The number of fused-ring (bicyclic) bond motifs is 2. The standard InChI is InChI=1S/C39H45NO4/c1-4-9-28-12-16-32-17-18-33-25-31(24-29-10-7-6-8-11-29)15-21-35(33)38(36(32)26-28)40(3)22-23-44-34-19-13-30(14-20-34)27-37(39(41)42)43-5-2/h6-8,10-16,19-21,25-26,37-38H,4-5,9,17-18,22-24,27H2,1-3H3,(H,41,42). The van der Waals surface area contributed by atoms with Crippen LogP contribution in [0.5, 0.6) is 5.75 Å². The van der Waals surface area contributed by atoms with Crippen molar-refractivity contribution in [3.63, 3.8) is 0 Å². The molecule has 0 radical (unpaired) electrons. The van der Waals surface area contributed by atoms with Gasteiger partial charge >= 0.3 is 5.97 Å². The fourth-order valence-electron chi connectivity index (χ4n) is 6.36. The molecule has 2 unspecified atom stereocenters. The van der Waals surface area contributed by atoms with Gasteiger partial charge in [0.1, 0.15) is 12.4 Å². The summed E-state index contributed by atoms with van der Waals surface area (Å²) in [7, 11) is 2.21. The molecule has 4 aromatic carbocycles. The van der Waals surface area contributed by atoms with Gasteiger partial charge in [-0.1, -0.05) is 92.2 Å². The van der Waals surface area contributed by atoms with Gasteiger partial charge in [0.25, 0.3) is 0 Å². The highest BCUT2D eigenvalue weighted by Crippen LogP contribution is 2.37. The van der Waals surface area contributed by atoms with E-state index >= 15 is 0 Å². The van der Waals surface area contributed by atoms with E-state index in [0.717, 1.165) is 50.0 Å². The Morgan fingerprint density at radius 2 is 1.57 bits per heavy atom. The molecule has 5 heteroatoms. The van der Waals surface area contributed by atoms with Crippen molar-refractivity contribution in [2.45, 2.75) is 64.5 Å². The molecular weight excluding hydrogens is 546 g/mol. The third-order valence-corrected chi connectivity index (χ3v) is 8.60. The summed E-state index contributed by atoms with van der Waals surface area (Å²) in [5.74, 6) is -0.158. The van der Waals surface area contributed by atoms with Crippen LogP contribution >= 0.6 is 0 Å². The van der Waals surface area contributed by atoms with Crippen molar-refractivity contribution in [1.82, 2.24) is 4.90 Å². The maximum absolute atomic E-state index is 11.5. The van der Waals surface area contributed by atoms with Crippen LogP contribution in [0.1, 0.15) is 70.8 Å². The van der Waals surface area contributed by atoms with Crippen LogP contribution in [0.3, 0.4) is 0 Å². The molecule has 5 nitrogen and oxygen atoms in total. The quantitative estimate of drug-likeness (QED) is 0.165. The van der Waals surface area contributed by atoms with E-state index in [1.807, 2.05) is 31.2 Å². The molecule has 0 heterocycles. The smallest absolute Gasteiger partial charge is 0.333 e. The molecule has 0 aliphatic heterocycles. The van der Waals surface area contributed by atoms with E-state index < -0.39 is 12.1 Å². The van der Waals surface area contributed by atoms with Crippen molar-refractivity contribution in [3.05, 3.63) is 136 Å². The number of hydrogen-bond acceptors (Lipinski definition) is 4. The number of aliphatic carboxylic acids is 1. The summed E-state index contributed by atoms with van der Waals surface area (Å²) in [6, 6.07) is 32.8. The average Bonchev–Trinajstić information content (AvgIpc) is 3.18. The third kappa shape index (κ3) is 7.96. The number of hydrogen-bond donors (Lipinski definition) is 1. The van der Waals surface area contributed by atoms with E-state index in [2.05, 4.69) is 85.6 Å². The molecule has 0 spiro atoms. The lowest BCUT2D eigenvalue weighted by molar-refractivity contribution is -0.149. The zero-order valence-electron chi connectivity index (χ0n) is 26.3. The van der Waals surface area contributed by atoms with Gasteiger partial charge in [-0.25, -0.2) is 4.79 Å². The van der Waals surface area contributed by atoms with Gasteiger partial charge in [0.2, 0.25) is 0 Å². The van der Waals surface area contributed by atoms with Gasteiger partial charge in [0.05, 0.1) is 6.04 Å². The highest BCUT2D eigenvalue weighted by molar-refractivity contribution is 5.72. The first kappa shape index (κ1) is 31.5. The maximum Gasteiger partial charge on any atom is 0.333 e. The molecular formula is C39H45NO4. The first-order valence-corrected chi connectivity index (χ1v) is 16.0. The Labute approximate surface area is 262 Å². The summed E-state index contributed by atoms with van der Waals surface area (Å²) in [4.78, 5) is 13.9. The van der Waals surface area contributed by atoms with Crippen LogP contribution in [0, 0.1) is 0 Å². The topological polar surface area (TPSA) is 59.0 Å². The number of carboxylic acids is 1. The second kappa shape index (κ2) is 15.2. The van der Waals surface area contributed by atoms with Crippen LogP contribution in [0.25, 0.3) is 0 Å². The number of rotatable bonds is 14. The van der Waals surface area contributed by atoms with Crippen LogP contribution < -0.4 is 4.74 Å². The molecule has 0 fully saturated rings. The Hall–Kier alpha value is -3.93. The lowest BCUT2D eigenvalue weighted by Crippen LogP contribution is -2.30. The van der Waals surface area contributed by atoms with Crippen molar-refractivity contribution >= 4 is 5.97 Å². The fourth-order valence-corrected chi connectivity index (χ4v) is 6.36. The highest BCUT2D eigenvalue weighted by atomic mass is 16.5. The van der Waals surface area contributed by atoms with Gasteiger partial charge in [-0.3, -0.25) is 4.90 Å². The van der Waals surface area contributed by atoms with Crippen molar-refractivity contribution in [2.24, 2.45) is 0 Å². The van der Waals surface area contributed by atoms with E-state index in [9.17, 15) is 9.90 Å². The van der Waals surface area contributed by atoms with Crippen molar-refractivity contribution in [1.29, 1.82) is 0 Å². The van der Waals surface area contributed by atoms with E-state index in [1.165, 1.54) is 38.9 Å². The minimum absolute atomic E-state index is 0.155. The molecule has 1 aliphatic rings. The Bertz CT molecular complexity index is 1520. The summed E-state index contributed by atoms with van der Waals surface area (Å²) in [6.07, 6.45) is 4.74. The highest BCUT2D eigenvalue weighted by Gasteiger charge is 2.27. The second-order valence-corrected chi connectivity index (χ2v) is 11.8. The molecule has 2 atom stereocenters. The maximum atomic E-state index is 11.5. The number of nitrogens with zero attached hydrogens (tertiary/aromatic N) is 1. The average molecular weight is 592 g/mol. The zero-order valence-corrected chi connectivity index (χ0v) is 26.3. The number of likely N-dealkylation sites (N-methyl/N-ethyl adjacent to an activating group) is 1. The molecule has 0 aromatic heterocycles. The number of aryl methyl sites for hydroxylation is 3. The molecule has 0 saturated heterocycles. The minimum Gasteiger partial charge on any atom is -0.492 e. The van der Waals surface area contributed by atoms with Gasteiger partial charge in [-0.05, 0) is 96.3 Å². The summed E-state index contributed by atoms with van der Waals surface area (Å²) in [5.41, 5.74) is 10.7. The Kier molecular flexibility index (Phi) is 10.9. The number of ether oxygens (including phenoxy) is 2. The van der Waals surface area contributed by atoms with Gasteiger partial charge in [0.15, 0.2) is 6.10 Å². The molecule has 44 heavy (non-hydrogen) atoms. The normalized spacial score (nSPS) is 14.9. The van der Waals surface area contributed by atoms with E-state index in [4.69, 9.17) is 9.47 Å². The first-order valence-electron chi connectivity index (χ1n) is 16.0. The van der Waals surface area contributed by atoms with Crippen LogP contribution in [0.2, 0.25) is 0 Å². The van der Waals surface area contributed by atoms with Gasteiger partial charge in [-0.15, -0.1) is 0 Å². The SMILES string of the molecule is CCCc1ccc2c(c1)C(N(C)CCOc1ccc(CC(OCC)C(=O)O)cc1)c1ccc(Cc3ccccc3)cc1CC2. The van der Waals surface area contributed by atoms with Gasteiger partial charge in [0, 0.05) is 19.6 Å². The molecule has 0 saturated carbocycles. The second-order valence-electron chi connectivity index (χ2n) is 11.8. The lowest BCUT2D eigenvalue weighted by atomic mass is 9.90.